The first-order chi connectivity index (χ1) is 11.0. The number of aliphatic imine (C=N–C) groups is 1. The Hall–Kier alpha value is -2.63. The van der Waals surface area contributed by atoms with Gasteiger partial charge in [-0.25, -0.2) is 4.99 Å². The van der Waals surface area contributed by atoms with Crippen LogP contribution in [0.15, 0.2) is 40.6 Å². The van der Waals surface area contributed by atoms with E-state index in [0.29, 0.717) is 30.7 Å². The van der Waals surface area contributed by atoms with E-state index in [-0.39, 0.29) is 35.7 Å². The first kappa shape index (κ1) is 16.7. The number of carbonyl (C=O) groups excluding carboxylic acids is 2. The lowest BCUT2D eigenvalue weighted by Gasteiger charge is -2.18. The summed E-state index contributed by atoms with van der Waals surface area (Å²) in [6.07, 6.45) is 1.50. The molecule has 0 heterocycles. The van der Waals surface area contributed by atoms with Crippen LogP contribution in [0.1, 0.15) is 32.1 Å². The van der Waals surface area contributed by atoms with Crippen LogP contribution < -0.4 is 0 Å². The Morgan fingerprint density at radius 1 is 1.26 bits per heavy atom. The van der Waals surface area contributed by atoms with Crippen molar-refractivity contribution < 1.29 is 24.5 Å². The van der Waals surface area contributed by atoms with Gasteiger partial charge < -0.3 is 14.9 Å². The highest BCUT2D eigenvalue weighted by Gasteiger charge is 2.26. The maximum Gasteiger partial charge on any atom is 0.305 e. The monoisotopic (exact) mass is 317 g/mol. The lowest BCUT2D eigenvalue weighted by atomic mass is 9.89. The van der Waals surface area contributed by atoms with E-state index in [0.717, 1.165) is 0 Å². The minimum atomic E-state index is -0.459. The normalized spacial score (nSPS) is 18.8. The number of hydrogen-bond donors (Lipinski definition) is 2. The van der Waals surface area contributed by atoms with Gasteiger partial charge in [-0.1, -0.05) is 12.1 Å². The molecule has 0 unspecified atom stereocenters. The summed E-state index contributed by atoms with van der Waals surface area (Å²) in [5.41, 5.74) is 0.934. The third-order valence-corrected chi connectivity index (χ3v) is 3.60. The number of ketones is 1. The van der Waals surface area contributed by atoms with E-state index in [9.17, 15) is 19.8 Å². The summed E-state index contributed by atoms with van der Waals surface area (Å²) in [6, 6.07) is 6.54. The molecule has 0 spiro atoms. The first-order valence-corrected chi connectivity index (χ1v) is 7.41. The van der Waals surface area contributed by atoms with Crippen molar-refractivity contribution in [2.45, 2.75) is 32.1 Å². The topological polar surface area (TPSA) is 96.2 Å². The van der Waals surface area contributed by atoms with Gasteiger partial charge in [0.05, 0.1) is 24.8 Å². The van der Waals surface area contributed by atoms with Crippen LogP contribution in [0.4, 0.5) is 5.69 Å². The molecule has 6 heteroatoms. The number of methoxy groups -OCH3 is 1. The van der Waals surface area contributed by atoms with Crippen molar-refractivity contribution in [3.05, 3.63) is 35.6 Å². The zero-order valence-corrected chi connectivity index (χ0v) is 12.9. The van der Waals surface area contributed by atoms with E-state index in [2.05, 4.69) is 9.73 Å². The Morgan fingerprint density at radius 2 is 2.00 bits per heavy atom. The number of ether oxygens (including phenoxy) is 1. The van der Waals surface area contributed by atoms with Gasteiger partial charge in [0.25, 0.3) is 0 Å². The molecule has 0 bridgehead atoms. The Morgan fingerprint density at radius 3 is 2.70 bits per heavy atom. The molecule has 122 valence electrons. The van der Waals surface area contributed by atoms with Crippen molar-refractivity contribution in [3.8, 4) is 5.75 Å². The van der Waals surface area contributed by atoms with E-state index in [1.807, 2.05) is 0 Å². The molecule has 0 saturated heterocycles. The number of para-hydroxylation sites is 2. The van der Waals surface area contributed by atoms with Crippen LogP contribution in [0.3, 0.4) is 0 Å². The zero-order valence-electron chi connectivity index (χ0n) is 12.9. The molecule has 1 aliphatic rings. The maximum atomic E-state index is 12.2. The summed E-state index contributed by atoms with van der Waals surface area (Å²) in [5, 5.41) is 20.0. The van der Waals surface area contributed by atoms with Crippen LogP contribution in [0, 0.1) is 0 Å². The summed E-state index contributed by atoms with van der Waals surface area (Å²) in [7, 11) is 1.27. The second kappa shape index (κ2) is 7.58. The average molecular weight is 317 g/mol. The quantitative estimate of drug-likeness (QED) is 0.505. The predicted molar refractivity (Wildman–Crippen MR) is 85.0 cm³/mol. The van der Waals surface area contributed by atoms with Crippen molar-refractivity contribution >= 4 is 23.2 Å². The summed E-state index contributed by atoms with van der Waals surface area (Å²) >= 11 is 0. The summed E-state index contributed by atoms with van der Waals surface area (Å²) < 4.78 is 4.53. The van der Waals surface area contributed by atoms with Gasteiger partial charge in [0, 0.05) is 12.8 Å². The first-order valence-electron chi connectivity index (χ1n) is 7.41. The number of rotatable bonds is 4. The van der Waals surface area contributed by atoms with Gasteiger partial charge in [0.15, 0.2) is 5.78 Å². The van der Waals surface area contributed by atoms with Gasteiger partial charge in [-0.15, -0.1) is 0 Å². The molecule has 0 atom stereocenters. The number of aliphatic hydroxyl groups is 1. The zero-order chi connectivity index (χ0) is 16.8. The third-order valence-electron chi connectivity index (χ3n) is 3.60. The third kappa shape index (κ3) is 4.18. The van der Waals surface area contributed by atoms with Crippen molar-refractivity contribution in [3.63, 3.8) is 0 Å². The van der Waals surface area contributed by atoms with Crippen LogP contribution in [0.2, 0.25) is 0 Å². The number of phenols is 1. The fourth-order valence-corrected chi connectivity index (χ4v) is 2.42. The largest absolute Gasteiger partial charge is 0.511 e. The number of nitrogens with zero attached hydrogens (tertiary/aromatic N) is 1. The highest BCUT2D eigenvalue weighted by molar-refractivity contribution is 6.24. The second-order valence-electron chi connectivity index (χ2n) is 5.22. The molecule has 0 aromatic heterocycles. The predicted octanol–water partition coefficient (Wildman–Crippen LogP) is 2.98. The van der Waals surface area contributed by atoms with Gasteiger partial charge in [0.2, 0.25) is 0 Å². The maximum absolute atomic E-state index is 12.2. The van der Waals surface area contributed by atoms with E-state index < -0.39 is 5.97 Å². The summed E-state index contributed by atoms with van der Waals surface area (Å²) in [5.74, 6) is -0.812. The Bertz CT molecular complexity index is 675. The summed E-state index contributed by atoms with van der Waals surface area (Å²) in [4.78, 5) is 27.7. The molecule has 6 nitrogen and oxygen atoms in total. The SMILES string of the molecule is COC(=O)CC/C(O)=C1\C(=O)CCCC1=Nc1ccccc1O. The fraction of sp³-hybridized carbons (Fsp3) is 0.353. The van der Waals surface area contributed by atoms with Gasteiger partial charge in [-0.3, -0.25) is 9.59 Å². The van der Waals surface area contributed by atoms with Crippen LogP contribution >= 0.6 is 0 Å². The Labute approximate surface area is 134 Å². The molecular formula is C17H19NO5. The summed E-state index contributed by atoms with van der Waals surface area (Å²) in [6.45, 7) is 0. The van der Waals surface area contributed by atoms with Crippen LogP contribution in [-0.4, -0.2) is 34.8 Å². The molecule has 2 N–H and O–H groups in total. The van der Waals surface area contributed by atoms with Gasteiger partial charge in [-0.05, 0) is 25.0 Å². The number of benzene rings is 1. The highest BCUT2D eigenvalue weighted by Crippen LogP contribution is 2.30. The molecule has 1 aliphatic carbocycles. The number of Topliss-reactive ketones (excluding diaryl/α,β-unsaturated/α-hetero) is 1. The Kier molecular flexibility index (Phi) is 5.51. The lowest BCUT2D eigenvalue weighted by Crippen LogP contribution is -2.21. The molecule has 1 fully saturated rings. The van der Waals surface area contributed by atoms with Crippen molar-refractivity contribution in [1.29, 1.82) is 0 Å². The average Bonchev–Trinajstić information content (AvgIpc) is 2.54. The molecule has 0 amide bonds. The minimum Gasteiger partial charge on any atom is -0.511 e. The van der Waals surface area contributed by atoms with Crippen molar-refractivity contribution in [2.24, 2.45) is 4.99 Å². The minimum absolute atomic E-state index is 0.00595. The molecule has 2 rings (SSSR count). The van der Waals surface area contributed by atoms with Crippen LogP contribution in [0.5, 0.6) is 5.75 Å². The number of aromatic hydroxyl groups is 1. The Balaban J connectivity index is 2.34. The molecule has 23 heavy (non-hydrogen) atoms. The number of carbonyl (C=O) groups is 2. The van der Waals surface area contributed by atoms with Crippen LogP contribution in [-0.2, 0) is 14.3 Å². The lowest BCUT2D eigenvalue weighted by molar-refractivity contribution is -0.140. The molecular weight excluding hydrogens is 298 g/mol. The molecule has 1 aromatic rings. The molecule has 0 aliphatic heterocycles. The van der Waals surface area contributed by atoms with Crippen molar-refractivity contribution in [2.75, 3.05) is 7.11 Å². The second-order valence-corrected chi connectivity index (χ2v) is 5.22. The van der Waals surface area contributed by atoms with E-state index >= 15 is 0 Å². The van der Waals surface area contributed by atoms with E-state index in [4.69, 9.17) is 0 Å². The van der Waals surface area contributed by atoms with Gasteiger partial charge in [-0.2, -0.15) is 0 Å². The van der Waals surface area contributed by atoms with E-state index in [1.54, 1.807) is 18.2 Å². The van der Waals surface area contributed by atoms with Crippen LogP contribution in [0.25, 0.3) is 0 Å². The standard InChI is InChI=1S/C17H19NO5/c1-23-16(22)10-9-15(21)17-12(6-4-8-14(17)20)18-11-5-2-3-7-13(11)19/h2-3,5,7,19,21H,4,6,8-10H2,1H3/b17-15+,18-12?. The molecule has 1 saturated carbocycles. The van der Waals surface area contributed by atoms with Crippen molar-refractivity contribution in [1.82, 2.24) is 0 Å². The van der Waals surface area contributed by atoms with Gasteiger partial charge in [0.1, 0.15) is 17.2 Å². The van der Waals surface area contributed by atoms with E-state index in [1.165, 1.54) is 13.2 Å². The highest BCUT2D eigenvalue weighted by atomic mass is 16.5. The number of phenolic OH excluding ortho intramolecular Hbond substituents is 1. The fourth-order valence-electron chi connectivity index (χ4n) is 2.42. The molecule has 1 aromatic carbocycles. The number of hydrogen-bond acceptors (Lipinski definition) is 6. The number of esters is 1. The van der Waals surface area contributed by atoms with Gasteiger partial charge >= 0.3 is 5.97 Å². The smallest absolute Gasteiger partial charge is 0.305 e. The number of aliphatic hydroxyl groups excluding tert-OH is 1. The molecule has 0 radical (unpaired) electrons. The number of allylic oxidation sites excluding steroid dienone is 2.